The second-order valence-corrected chi connectivity index (χ2v) is 4.65. The Morgan fingerprint density at radius 3 is 2.56 bits per heavy atom. The lowest BCUT2D eigenvalue weighted by molar-refractivity contribution is 0.306. The van der Waals surface area contributed by atoms with Crippen molar-refractivity contribution in [1.82, 2.24) is 5.32 Å². The van der Waals surface area contributed by atoms with Gasteiger partial charge >= 0.3 is 0 Å². The lowest BCUT2D eigenvalue weighted by Gasteiger charge is -2.25. The third kappa shape index (κ3) is 2.63. The highest BCUT2D eigenvalue weighted by Crippen LogP contribution is 2.36. The SMILES string of the molecule is Nc1cc(Cl)c(N(CCO)C2=NCCN2)c(Cl)c1. The van der Waals surface area contributed by atoms with Crippen molar-refractivity contribution in [2.24, 2.45) is 4.99 Å². The molecule has 7 heteroatoms. The van der Waals surface area contributed by atoms with Crippen LogP contribution in [0.4, 0.5) is 11.4 Å². The first-order valence-electron chi connectivity index (χ1n) is 5.54. The van der Waals surface area contributed by atoms with Crippen molar-refractivity contribution >= 4 is 40.5 Å². The monoisotopic (exact) mass is 288 g/mol. The number of anilines is 2. The van der Waals surface area contributed by atoms with E-state index in [4.69, 9.17) is 34.0 Å². The molecule has 98 valence electrons. The molecule has 18 heavy (non-hydrogen) atoms. The van der Waals surface area contributed by atoms with Gasteiger partial charge in [-0.3, -0.25) is 4.99 Å². The van der Waals surface area contributed by atoms with E-state index in [0.29, 0.717) is 40.5 Å². The van der Waals surface area contributed by atoms with E-state index in [0.717, 1.165) is 6.54 Å². The first-order chi connectivity index (χ1) is 8.63. The van der Waals surface area contributed by atoms with Crippen molar-refractivity contribution in [3.05, 3.63) is 22.2 Å². The zero-order valence-electron chi connectivity index (χ0n) is 9.66. The van der Waals surface area contributed by atoms with Crippen molar-refractivity contribution < 1.29 is 5.11 Å². The predicted octanol–water partition coefficient (Wildman–Crippen LogP) is 1.33. The van der Waals surface area contributed by atoms with E-state index in [-0.39, 0.29) is 6.61 Å². The van der Waals surface area contributed by atoms with Crippen molar-refractivity contribution in [3.63, 3.8) is 0 Å². The van der Waals surface area contributed by atoms with Gasteiger partial charge in [0.2, 0.25) is 0 Å². The van der Waals surface area contributed by atoms with Crippen LogP contribution in [0.5, 0.6) is 0 Å². The fraction of sp³-hybridized carbons (Fsp3) is 0.364. The number of benzene rings is 1. The summed E-state index contributed by atoms with van der Waals surface area (Å²) in [6, 6.07) is 3.26. The second-order valence-electron chi connectivity index (χ2n) is 3.84. The highest BCUT2D eigenvalue weighted by atomic mass is 35.5. The maximum atomic E-state index is 9.16. The van der Waals surface area contributed by atoms with Crippen LogP contribution in [-0.2, 0) is 0 Å². The third-order valence-corrected chi connectivity index (χ3v) is 3.12. The Morgan fingerprint density at radius 1 is 1.39 bits per heavy atom. The van der Waals surface area contributed by atoms with Gasteiger partial charge in [0.25, 0.3) is 0 Å². The van der Waals surface area contributed by atoms with Crippen LogP contribution in [0.1, 0.15) is 0 Å². The van der Waals surface area contributed by atoms with Crippen LogP contribution in [0.15, 0.2) is 17.1 Å². The molecule has 0 unspecified atom stereocenters. The summed E-state index contributed by atoms with van der Waals surface area (Å²) in [6.07, 6.45) is 0. The molecule has 0 saturated heterocycles. The Morgan fingerprint density at radius 2 is 2.06 bits per heavy atom. The molecule has 5 nitrogen and oxygen atoms in total. The normalized spacial score (nSPS) is 14.3. The summed E-state index contributed by atoms with van der Waals surface area (Å²) in [5, 5.41) is 13.2. The molecule has 1 aliphatic rings. The molecule has 0 aromatic heterocycles. The number of guanidine groups is 1. The number of nitrogens with zero attached hydrogens (tertiary/aromatic N) is 2. The van der Waals surface area contributed by atoms with E-state index in [2.05, 4.69) is 10.3 Å². The number of aliphatic hydroxyl groups is 1. The zero-order chi connectivity index (χ0) is 13.1. The lowest BCUT2D eigenvalue weighted by atomic mass is 10.2. The molecular formula is C11H14Cl2N4O. The molecule has 1 heterocycles. The molecule has 0 amide bonds. The van der Waals surface area contributed by atoms with Crippen molar-refractivity contribution in [3.8, 4) is 0 Å². The summed E-state index contributed by atoms with van der Waals surface area (Å²) in [6.45, 7) is 1.79. The molecule has 0 radical (unpaired) electrons. The largest absolute Gasteiger partial charge is 0.399 e. The molecule has 0 saturated carbocycles. The van der Waals surface area contributed by atoms with E-state index >= 15 is 0 Å². The summed E-state index contributed by atoms with van der Waals surface area (Å²) < 4.78 is 0. The Labute approximate surface area is 115 Å². The standard InChI is InChI=1S/C11H14Cl2N4O/c12-8-5-7(14)6-9(13)10(8)17(3-4-18)11-15-1-2-16-11/h5-6,18H,1-4,14H2,(H,15,16). The number of hydrogen-bond donors (Lipinski definition) is 3. The third-order valence-electron chi connectivity index (χ3n) is 2.54. The van der Waals surface area contributed by atoms with Gasteiger partial charge in [-0.2, -0.15) is 0 Å². The van der Waals surface area contributed by atoms with Crippen LogP contribution in [0.2, 0.25) is 10.0 Å². The molecular weight excluding hydrogens is 275 g/mol. The number of nitrogens with two attached hydrogens (primary N) is 1. The maximum absolute atomic E-state index is 9.16. The van der Waals surface area contributed by atoms with E-state index in [1.165, 1.54) is 0 Å². The fourth-order valence-electron chi connectivity index (χ4n) is 1.83. The smallest absolute Gasteiger partial charge is 0.198 e. The predicted molar refractivity (Wildman–Crippen MR) is 75.6 cm³/mol. The molecule has 0 spiro atoms. The van der Waals surface area contributed by atoms with E-state index < -0.39 is 0 Å². The van der Waals surface area contributed by atoms with Gasteiger partial charge in [0.05, 0.1) is 28.9 Å². The summed E-state index contributed by atoms with van der Waals surface area (Å²) in [5.74, 6) is 0.664. The Bertz CT molecular complexity index is 455. The summed E-state index contributed by atoms with van der Waals surface area (Å²) in [4.78, 5) is 6.07. The Kier molecular flexibility index (Phi) is 4.16. The average molecular weight is 289 g/mol. The molecule has 4 N–H and O–H groups in total. The molecule has 0 aliphatic carbocycles. The quantitative estimate of drug-likeness (QED) is 0.734. The second kappa shape index (κ2) is 5.65. The number of aliphatic hydroxyl groups excluding tert-OH is 1. The first kappa shape index (κ1) is 13.3. The Balaban J connectivity index is 2.42. The van der Waals surface area contributed by atoms with Crippen LogP contribution in [0, 0.1) is 0 Å². The summed E-state index contributed by atoms with van der Waals surface area (Å²) in [5.41, 5.74) is 6.78. The zero-order valence-corrected chi connectivity index (χ0v) is 11.2. The van der Waals surface area contributed by atoms with Gasteiger partial charge in [-0.25, -0.2) is 0 Å². The van der Waals surface area contributed by atoms with Crippen LogP contribution in [0.25, 0.3) is 0 Å². The van der Waals surface area contributed by atoms with Crippen molar-refractivity contribution in [2.75, 3.05) is 36.9 Å². The van der Waals surface area contributed by atoms with E-state index in [1.807, 2.05) is 0 Å². The minimum absolute atomic E-state index is 0.0300. The molecule has 0 bridgehead atoms. The van der Waals surface area contributed by atoms with Gasteiger partial charge in [-0.05, 0) is 12.1 Å². The molecule has 2 rings (SSSR count). The topological polar surface area (TPSA) is 73.9 Å². The molecule has 1 aliphatic heterocycles. The van der Waals surface area contributed by atoms with E-state index in [9.17, 15) is 0 Å². The van der Waals surface area contributed by atoms with Crippen LogP contribution < -0.4 is 16.0 Å². The van der Waals surface area contributed by atoms with E-state index in [1.54, 1.807) is 17.0 Å². The first-order valence-corrected chi connectivity index (χ1v) is 6.30. The van der Waals surface area contributed by atoms with Crippen LogP contribution in [-0.4, -0.2) is 37.3 Å². The van der Waals surface area contributed by atoms with Gasteiger partial charge in [0, 0.05) is 18.8 Å². The molecule has 0 fully saturated rings. The summed E-state index contributed by atoms with van der Waals surface area (Å²) >= 11 is 12.3. The van der Waals surface area contributed by atoms with Crippen LogP contribution >= 0.6 is 23.2 Å². The number of hydrogen-bond acceptors (Lipinski definition) is 5. The number of rotatable bonds is 3. The fourth-order valence-corrected chi connectivity index (χ4v) is 2.54. The number of aliphatic imine (C=N–C) groups is 1. The van der Waals surface area contributed by atoms with Crippen molar-refractivity contribution in [2.45, 2.75) is 0 Å². The van der Waals surface area contributed by atoms with Gasteiger partial charge in [-0.15, -0.1) is 0 Å². The van der Waals surface area contributed by atoms with Crippen LogP contribution in [0.3, 0.4) is 0 Å². The van der Waals surface area contributed by atoms with Gasteiger partial charge < -0.3 is 21.1 Å². The number of halogens is 2. The summed E-state index contributed by atoms with van der Waals surface area (Å²) in [7, 11) is 0. The lowest BCUT2D eigenvalue weighted by Crippen LogP contribution is -2.41. The molecule has 1 aromatic rings. The van der Waals surface area contributed by atoms with Crippen molar-refractivity contribution in [1.29, 1.82) is 0 Å². The average Bonchev–Trinajstić information content (AvgIpc) is 2.79. The molecule has 1 aromatic carbocycles. The molecule has 0 atom stereocenters. The Hall–Kier alpha value is -1.17. The minimum atomic E-state index is -0.0300. The number of nitrogen functional groups attached to an aromatic ring is 1. The number of nitrogens with one attached hydrogen (secondary N) is 1. The highest BCUT2D eigenvalue weighted by molar-refractivity contribution is 6.40. The van der Waals surface area contributed by atoms with Gasteiger partial charge in [0.1, 0.15) is 0 Å². The minimum Gasteiger partial charge on any atom is -0.399 e. The maximum Gasteiger partial charge on any atom is 0.198 e. The highest BCUT2D eigenvalue weighted by Gasteiger charge is 2.21. The van der Waals surface area contributed by atoms with Gasteiger partial charge in [0.15, 0.2) is 5.96 Å². The van der Waals surface area contributed by atoms with Gasteiger partial charge in [-0.1, -0.05) is 23.2 Å².